The van der Waals surface area contributed by atoms with Crippen LogP contribution in [0.15, 0.2) is 35.4 Å². The summed E-state index contributed by atoms with van der Waals surface area (Å²) in [5.74, 6) is -2.92. The van der Waals surface area contributed by atoms with Gasteiger partial charge in [-0.1, -0.05) is 49.0 Å². The fraction of sp³-hybridized carbons (Fsp3) is 0.375. The molecule has 0 radical (unpaired) electrons. The number of alkyl halides is 3. The minimum Gasteiger partial charge on any atom is -0.475 e. The van der Waals surface area contributed by atoms with Gasteiger partial charge in [0.25, 0.3) is 0 Å². The summed E-state index contributed by atoms with van der Waals surface area (Å²) in [5, 5.41) is 36.7. The molecule has 6 N–H and O–H groups in total. The molecule has 3 rings (SSSR count). The van der Waals surface area contributed by atoms with Crippen LogP contribution in [0.5, 0.6) is 0 Å². The third kappa shape index (κ3) is 7.35. The number of aliphatic hydroxyl groups is 1. The molecule has 0 bridgehead atoms. The van der Waals surface area contributed by atoms with Crippen LogP contribution in [-0.2, 0) is 16.0 Å². The Morgan fingerprint density at radius 2 is 1.82 bits per heavy atom. The van der Waals surface area contributed by atoms with Crippen molar-refractivity contribution in [2.24, 2.45) is 11.5 Å². The lowest BCUT2D eigenvalue weighted by molar-refractivity contribution is -0.192. The summed E-state index contributed by atoms with van der Waals surface area (Å²) in [6.45, 7) is 2.62. The van der Waals surface area contributed by atoms with Gasteiger partial charge in [0.05, 0.1) is 17.2 Å². The number of aromatic nitrogens is 1. The summed E-state index contributed by atoms with van der Waals surface area (Å²) >= 11 is 1.10. The third-order valence-corrected chi connectivity index (χ3v) is 6.85. The van der Waals surface area contributed by atoms with Crippen molar-refractivity contribution in [2.45, 2.75) is 48.4 Å². The van der Waals surface area contributed by atoms with Crippen molar-refractivity contribution in [2.75, 3.05) is 18.0 Å². The number of nitrogens with two attached hydrogens (primary N) is 2. The molecule has 3 atom stereocenters. The summed E-state index contributed by atoms with van der Waals surface area (Å²) in [7, 11) is 0. The molecule has 14 heteroatoms. The molecule has 1 aliphatic rings. The number of nitriles is 2. The highest BCUT2D eigenvalue weighted by atomic mass is 32.2. The molecule has 1 amide bonds. The number of carbonyl (C=O) groups is 2. The topological polar surface area (TPSA) is 190 Å². The van der Waals surface area contributed by atoms with Gasteiger partial charge >= 0.3 is 12.1 Å². The number of hydrogen-bond donors (Lipinski definition) is 4. The second-order valence-corrected chi connectivity index (χ2v) is 9.22. The number of carboxylic acid groups (broad SMARTS) is 1. The normalized spacial score (nSPS) is 17.8. The average Bonchev–Trinajstić information content (AvgIpc) is 2.87. The van der Waals surface area contributed by atoms with Gasteiger partial charge in [0.2, 0.25) is 5.91 Å². The fourth-order valence-corrected chi connectivity index (χ4v) is 4.73. The van der Waals surface area contributed by atoms with Crippen molar-refractivity contribution < 1.29 is 33.0 Å². The van der Waals surface area contributed by atoms with Gasteiger partial charge in [-0.15, -0.1) is 0 Å². The molecule has 202 valence electrons. The number of carbonyl (C=O) groups excluding carboxylic acids is 1. The van der Waals surface area contributed by atoms with Crippen molar-refractivity contribution in [3.8, 4) is 12.1 Å². The van der Waals surface area contributed by atoms with E-state index >= 15 is 0 Å². The van der Waals surface area contributed by atoms with Crippen LogP contribution in [0.3, 0.4) is 0 Å². The van der Waals surface area contributed by atoms with E-state index in [1.54, 1.807) is 12.1 Å². The van der Waals surface area contributed by atoms with Crippen LogP contribution in [0.4, 0.5) is 19.0 Å². The van der Waals surface area contributed by atoms with Gasteiger partial charge in [0, 0.05) is 19.1 Å². The molecule has 1 aromatic carbocycles. The summed E-state index contributed by atoms with van der Waals surface area (Å²) in [5.41, 5.74) is 13.4. The Balaban J connectivity index is 0.000000638. The molecule has 0 spiro atoms. The van der Waals surface area contributed by atoms with Gasteiger partial charge in [-0.3, -0.25) is 4.79 Å². The van der Waals surface area contributed by atoms with Crippen molar-refractivity contribution in [3.05, 3.63) is 52.6 Å². The molecule has 38 heavy (non-hydrogen) atoms. The zero-order chi connectivity index (χ0) is 28.6. The maximum absolute atomic E-state index is 12.2. The largest absolute Gasteiger partial charge is 0.490 e. The first kappa shape index (κ1) is 30.4. The van der Waals surface area contributed by atoms with Gasteiger partial charge in [-0.25, -0.2) is 9.78 Å². The van der Waals surface area contributed by atoms with Crippen molar-refractivity contribution in [3.63, 3.8) is 0 Å². The van der Waals surface area contributed by atoms with Crippen LogP contribution in [0, 0.1) is 22.7 Å². The first-order valence-corrected chi connectivity index (χ1v) is 12.1. The number of rotatable bonds is 6. The molecular formula is C24H25F3N6O4S. The zero-order valence-corrected chi connectivity index (χ0v) is 21.0. The summed E-state index contributed by atoms with van der Waals surface area (Å²) in [4.78, 5) is 27.6. The molecule has 0 saturated carbocycles. The van der Waals surface area contributed by atoms with Gasteiger partial charge < -0.3 is 26.6 Å². The van der Waals surface area contributed by atoms with Crippen molar-refractivity contribution in [1.29, 1.82) is 10.5 Å². The Labute approximate surface area is 220 Å². The lowest BCUT2D eigenvalue weighted by Crippen LogP contribution is -2.51. The molecule has 1 aromatic heterocycles. The SMILES string of the molecule is CCc1c(C#N)c(S[C@@H](C(N)=O)c2ccccc2)nc(N2CC[C@@H](N)[C@@H](O)C2)c1C#N.O=C(O)C(F)(F)F. The van der Waals surface area contributed by atoms with E-state index in [-0.39, 0.29) is 18.2 Å². The van der Waals surface area contributed by atoms with Gasteiger partial charge in [0.1, 0.15) is 28.2 Å². The number of β-amino-alcohol motifs (C(OH)–C–C–N with tert-alkyl or cyclic N) is 1. The number of thioether (sulfide) groups is 1. The maximum Gasteiger partial charge on any atom is 0.490 e. The van der Waals surface area contributed by atoms with E-state index in [9.17, 15) is 33.6 Å². The van der Waals surface area contributed by atoms with E-state index in [0.717, 1.165) is 11.8 Å². The van der Waals surface area contributed by atoms with E-state index in [1.807, 2.05) is 30.0 Å². The number of carboxylic acids is 1. The second-order valence-electron chi connectivity index (χ2n) is 8.13. The molecule has 0 unspecified atom stereocenters. The molecule has 2 aromatic rings. The van der Waals surface area contributed by atoms with Crippen LogP contribution < -0.4 is 16.4 Å². The smallest absolute Gasteiger partial charge is 0.475 e. The first-order chi connectivity index (χ1) is 17.8. The lowest BCUT2D eigenvalue weighted by Gasteiger charge is -2.35. The van der Waals surface area contributed by atoms with Crippen molar-refractivity contribution in [1.82, 2.24) is 4.98 Å². The van der Waals surface area contributed by atoms with Crippen molar-refractivity contribution >= 4 is 29.5 Å². The molecule has 2 heterocycles. The minimum atomic E-state index is -5.08. The summed E-state index contributed by atoms with van der Waals surface area (Å²) in [6, 6.07) is 13.0. The minimum absolute atomic E-state index is 0.236. The Kier molecular flexibility index (Phi) is 10.5. The maximum atomic E-state index is 12.2. The number of aliphatic carboxylic acids is 1. The Morgan fingerprint density at radius 3 is 2.26 bits per heavy atom. The predicted molar refractivity (Wildman–Crippen MR) is 132 cm³/mol. The molecule has 1 fully saturated rings. The van der Waals surface area contributed by atoms with Crippen LogP contribution in [-0.4, -0.2) is 58.5 Å². The average molecular weight is 551 g/mol. The number of primary amides is 1. The molecular weight excluding hydrogens is 525 g/mol. The van der Waals surface area contributed by atoms with Crippen LogP contribution in [0.25, 0.3) is 0 Å². The predicted octanol–water partition coefficient (Wildman–Crippen LogP) is 2.24. The van der Waals surface area contributed by atoms with E-state index < -0.39 is 29.4 Å². The number of benzene rings is 1. The number of pyridine rings is 1. The first-order valence-electron chi connectivity index (χ1n) is 11.2. The summed E-state index contributed by atoms with van der Waals surface area (Å²) in [6.07, 6.45) is -4.84. The molecule has 10 nitrogen and oxygen atoms in total. The van der Waals surface area contributed by atoms with E-state index in [4.69, 9.17) is 21.4 Å². The highest BCUT2D eigenvalue weighted by Crippen LogP contribution is 2.39. The zero-order valence-electron chi connectivity index (χ0n) is 20.1. The quantitative estimate of drug-likeness (QED) is 0.388. The monoisotopic (exact) mass is 550 g/mol. The highest BCUT2D eigenvalue weighted by molar-refractivity contribution is 8.00. The van der Waals surface area contributed by atoms with E-state index in [1.165, 1.54) is 0 Å². The summed E-state index contributed by atoms with van der Waals surface area (Å²) < 4.78 is 31.7. The van der Waals surface area contributed by atoms with Crippen LogP contribution in [0.2, 0.25) is 0 Å². The number of aliphatic hydroxyl groups excluding tert-OH is 1. The number of amides is 1. The molecule has 0 aliphatic carbocycles. The number of halogens is 3. The Morgan fingerprint density at radius 1 is 1.24 bits per heavy atom. The second kappa shape index (κ2) is 13.1. The molecule has 1 saturated heterocycles. The number of piperidine rings is 1. The van der Waals surface area contributed by atoms with Crippen LogP contribution in [0.1, 0.15) is 40.8 Å². The van der Waals surface area contributed by atoms with Crippen LogP contribution >= 0.6 is 11.8 Å². The highest BCUT2D eigenvalue weighted by Gasteiger charge is 2.38. The molecule has 1 aliphatic heterocycles. The van der Waals surface area contributed by atoms with Gasteiger partial charge in [-0.2, -0.15) is 23.7 Å². The Bertz CT molecular complexity index is 1250. The third-order valence-electron chi connectivity index (χ3n) is 5.59. The fourth-order valence-electron chi connectivity index (χ4n) is 3.67. The standard InChI is InChI=1S/C22H24N6O2S.C2HF3O2/c1-2-14-15(10-23)21(28-9-8-17(25)18(29)12-28)27-22(16(14)11-24)31-19(20(26)30)13-6-4-3-5-7-13;3-2(4,5)1(6)7/h3-7,17-19,29H,2,8-9,12,25H2,1H3,(H2,26,30);(H,6,7)/t17-,18+,19-;/m1./s1. The van der Waals surface area contributed by atoms with Gasteiger partial charge in [0.15, 0.2) is 0 Å². The van der Waals surface area contributed by atoms with E-state index in [0.29, 0.717) is 46.9 Å². The Hall–Kier alpha value is -3.85. The lowest BCUT2D eigenvalue weighted by atomic mass is 9.99. The number of anilines is 1. The number of nitrogens with zero attached hydrogens (tertiary/aromatic N) is 4. The van der Waals surface area contributed by atoms with Gasteiger partial charge in [-0.05, 0) is 24.0 Å². The number of hydrogen-bond acceptors (Lipinski definition) is 9. The van der Waals surface area contributed by atoms with E-state index in [2.05, 4.69) is 17.1 Å².